The van der Waals surface area contributed by atoms with E-state index in [1.807, 2.05) is 26.0 Å². The van der Waals surface area contributed by atoms with Crippen LogP contribution in [0.2, 0.25) is 0 Å². The first-order valence-electron chi connectivity index (χ1n) is 11.0. The van der Waals surface area contributed by atoms with E-state index < -0.39 is 10.0 Å². The number of carbonyl (C=O) groups is 1. The molecule has 2 aromatic carbocycles. The molecule has 178 valence electrons. The highest BCUT2D eigenvalue weighted by Gasteiger charge is 2.28. The Labute approximate surface area is 204 Å². The lowest BCUT2D eigenvalue weighted by atomic mass is 10.2. The summed E-state index contributed by atoms with van der Waals surface area (Å²) in [7, 11) is -3.68. The third-order valence-electron chi connectivity index (χ3n) is 5.57. The number of nitrogens with one attached hydrogen (secondary N) is 1. The zero-order valence-electron chi connectivity index (χ0n) is 19.2. The van der Waals surface area contributed by atoms with Crippen molar-refractivity contribution in [3.63, 3.8) is 0 Å². The number of aryl methyl sites for hydroxylation is 2. The zero-order chi connectivity index (χ0) is 24.1. The number of rotatable bonds is 7. The van der Waals surface area contributed by atoms with Gasteiger partial charge in [-0.25, -0.2) is 13.4 Å². The Hall–Kier alpha value is -2.72. The van der Waals surface area contributed by atoms with E-state index in [-0.39, 0.29) is 17.3 Å². The molecule has 0 spiro atoms. The fourth-order valence-electron chi connectivity index (χ4n) is 3.66. The molecule has 1 N–H and O–H groups in total. The first kappa shape index (κ1) is 24.4. The van der Waals surface area contributed by atoms with Gasteiger partial charge in [0, 0.05) is 30.7 Å². The number of nitrogens with zero attached hydrogens (tertiary/aromatic N) is 2. The van der Waals surface area contributed by atoms with Crippen LogP contribution >= 0.6 is 11.8 Å². The van der Waals surface area contributed by atoms with Crippen molar-refractivity contribution in [3.8, 4) is 0 Å². The van der Waals surface area contributed by atoms with Crippen molar-refractivity contribution in [1.29, 1.82) is 0 Å². The second-order valence-corrected chi connectivity index (χ2v) is 11.0. The van der Waals surface area contributed by atoms with Crippen LogP contribution in [-0.2, 0) is 21.3 Å². The first-order valence-corrected chi connectivity index (χ1v) is 13.3. The van der Waals surface area contributed by atoms with Gasteiger partial charge in [-0.3, -0.25) is 4.79 Å². The molecular formula is C25H27N3O4S2. The topological polar surface area (TPSA) is 88.6 Å². The Balaban J connectivity index is 1.53. The number of morpholine rings is 1. The van der Waals surface area contributed by atoms with E-state index in [1.54, 1.807) is 42.6 Å². The van der Waals surface area contributed by atoms with E-state index in [2.05, 4.69) is 16.4 Å². The fourth-order valence-corrected chi connectivity index (χ4v) is 6.36. The molecule has 1 amide bonds. The quantitative estimate of drug-likeness (QED) is 0.534. The third-order valence-corrected chi connectivity index (χ3v) is 8.74. The number of benzene rings is 2. The molecular weight excluding hydrogens is 470 g/mol. The van der Waals surface area contributed by atoms with Crippen molar-refractivity contribution < 1.29 is 17.9 Å². The molecule has 0 atom stereocenters. The van der Waals surface area contributed by atoms with Crippen molar-refractivity contribution in [1.82, 2.24) is 14.6 Å². The van der Waals surface area contributed by atoms with Gasteiger partial charge in [-0.2, -0.15) is 4.31 Å². The summed E-state index contributed by atoms with van der Waals surface area (Å²) < 4.78 is 33.1. The molecule has 34 heavy (non-hydrogen) atoms. The second-order valence-electron chi connectivity index (χ2n) is 8.03. The predicted molar refractivity (Wildman–Crippen MR) is 131 cm³/mol. The molecule has 1 fully saturated rings. The lowest BCUT2D eigenvalue weighted by molar-refractivity contribution is 0.0730. The average molecular weight is 498 g/mol. The Morgan fingerprint density at radius 3 is 2.65 bits per heavy atom. The van der Waals surface area contributed by atoms with Crippen molar-refractivity contribution >= 4 is 27.7 Å². The highest BCUT2D eigenvalue weighted by molar-refractivity contribution is 7.99. The lowest BCUT2D eigenvalue weighted by Gasteiger charge is -2.27. The molecule has 1 aliphatic rings. The fraction of sp³-hybridized carbons (Fsp3) is 0.280. The van der Waals surface area contributed by atoms with Gasteiger partial charge in [-0.15, -0.1) is 0 Å². The van der Waals surface area contributed by atoms with Gasteiger partial charge in [0.15, 0.2) is 0 Å². The van der Waals surface area contributed by atoms with Crippen LogP contribution in [0.15, 0.2) is 75.6 Å². The van der Waals surface area contributed by atoms with Gasteiger partial charge in [0.05, 0.1) is 23.7 Å². The van der Waals surface area contributed by atoms with Gasteiger partial charge in [0.2, 0.25) is 10.0 Å². The molecule has 0 unspecified atom stereocenters. The van der Waals surface area contributed by atoms with Crippen LogP contribution in [0.3, 0.4) is 0 Å². The van der Waals surface area contributed by atoms with Crippen molar-refractivity contribution in [2.75, 3.05) is 26.3 Å². The van der Waals surface area contributed by atoms with Crippen molar-refractivity contribution in [2.45, 2.75) is 35.2 Å². The smallest absolute Gasteiger partial charge is 0.254 e. The van der Waals surface area contributed by atoms with Gasteiger partial charge >= 0.3 is 0 Å². The summed E-state index contributed by atoms with van der Waals surface area (Å²) in [5, 5.41) is 3.48. The summed E-state index contributed by atoms with van der Waals surface area (Å²) in [6.07, 6.45) is 1.66. The van der Waals surface area contributed by atoms with Crippen LogP contribution in [0, 0.1) is 13.8 Å². The summed E-state index contributed by atoms with van der Waals surface area (Å²) in [5.74, 6) is -0.306. The summed E-state index contributed by atoms with van der Waals surface area (Å²) in [5.41, 5.74) is 3.22. The second kappa shape index (κ2) is 10.7. The molecule has 0 bridgehead atoms. The SMILES string of the molecule is Cc1ccc(C)c(Sc2ncccc2C(=O)NCc2ccccc2S(=O)(=O)N2CCOCC2)c1. The summed E-state index contributed by atoms with van der Waals surface area (Å²) in [6, 6.07) is 16.4. The van der Waals surface area contributed by atoms with Gasteiger partial charge in [-0.1, -0.05) is 42.1 Å². The van der Waals surface area contributed by atoms with E-state index in [1.165, 1.54) is 16.1 Å². The Morgan fingerprint density at radius 2 is 1.85 bits per heavy atom. The minimum atomic E-state index is -3.68. The molecule has 1 aromatic heterocycles. The van der Waals surface area contributed by atoms with E-state index in [4.69, 9.17) is 4.74 Å². The lowest BCUT2D eigenvalue weighted by Crippen LogP contribution is -2.41. The summed E-state index contributed by atoms with van der Waals surface area (Å²) in [6.45, 7) is 5.52. The molecule has 0 radical (unpaired) electrons. The van der Waals surface area contributed by atoms with Crippen molar-refractivity contribution in [2.24, 2.45) is 0 Å². The van der Waals surface area contributed by atoms with Gasteiger partial charge < -0.3 is 10.1 Å². The molecule has 3 aromatic rings. The minimum absolute atomic E-state index is 0.0844. The molecule has 7 nitrogen and oxygen atoms in total. The number of ether oxygens (including phenoxy) is 1. The normalized spacial score (nSPS) is 14.6. The molecule has 1 aliphatic heterocycles. The van der Waals surface area contributed by atoms with E-state index >= 15 is 0 Å². The largest absolute Gasteiger partial charge is 0.379 e. The maximum atomic E-state index is 13.2. The molecule has 1 saturated heterocycles. The van der Waals surface area contributed by atoms with E-state index in [0.29, 0.717) is 42.5 Å². The molecule has 4 rings (SSSR count). The zero-order valence-corrected chi connectivity index (χ0v) is 20.8. The molecule has 2 heterocycles. The Bertz CT molecular complexity index is 1290. The predicted octanol–water partition coefficient (Wildman–Crippen LogP) is 3.80. The summed E-state index contributed by atoms with van der Waals surface area (Å²) >= 11 is 1.44. The Morgan fingerprint density at radius 1 is 1.09 bits per heavy atom. The van der Waals surface area contributed by atoms with Crippen LogP contribution in [-0.4, -0.2) is 49.9 Å². The number of hydrogen-bond acceptors (Lipinski definition) is 6. The van der Waals surface area contributed by atoms with Crippen molar-refractivity contribution in [3.05, 3.63) is 83.0 Å². The number of sulfonamides is 1. The molecule has 0 saturated carbocycles. The standard InChI is InChI=1S/C25H27N3O4S2/c1-18-9-10-19(2)22(16-18)33-25-21(7-5-11-26-25)24(29)27-17-20-6-3-4-8-23(20)34(30,31)28-12-14-32-15-13-28/h3-11,16H,12-15,17H2,1-2H3,(H,27,29). The van der Waals surface area contributed by atoms with Crippen LogP contribution in [0.25, 0.3) is 0 Å². The maximum Gasteiger partial charge on any atom is 0.254 e. The van der Waals surface area contributed by atoms with E-state index in [0.717, 1.165) is 16.0 Å². The maximum absolute atomic E-state index is 13.2. The molecule has 0 aliphatic carbocycles. The average Bonchev–Trinajstić information content (AvgIpc) is 2.86. The highest BCUT2D eigenvalue weighted by atomic mass is 32.2. The first-order chi connectivity index (χ1) is 16.4. The van der Waals surface area contributed by atoms with Crippen LogP contribution < -0.4 is 5.32 Å². The monoisotopic (exact) mass is 497 g/mol. The number of aromatic nitrogens is 1. The number of carbonyl (C=O) groups excluding carboxylic acids is 1. The van der Waals surface area contributed by atoms with Crippen LogP contribution in [0.4, 0.5) is 0 Å². The Kier molecular flexibility index (Phi) is 7.67. The van der Waals surface area contributed by atoms with Gasteiger partial charge in [0.25, 0.3) is 5.91 Å². The van der Waals surface area contributed by atoms with Crippen LogP contribution in [0.1, 0.15) is 27.0 Å². The summed E-state index contributed by atoms with van der Waals surface area (Å²) in [4.78, 5) is 18.8. The number of pyridine rings is 1. The minimum Gasteiger partial charge on any atom is -0.379 e. The van der Waals surface area contributed by atoms with E-state index in [9.17, 15) is 13.2 Å². The van der Waals surface area contributed by atoms with Crippen LogP contribution in [0.5, 0.6) is 0 Å². The van der Waals surface area contributed by atoms with Gasteiger partial charge in [0.1, 0.15) is 5.03 Å². The third kappa shape index (κ3) is 5.50. The highest BCUT2D eigenvalue weighted by Crippen LogP contribution is 2.32. The van der Waals surface area contributed by atoms with Gasteiger partial charge in [-0.05, 0) is 54.8 Å². The number of amides is 1. The molecule has 9 heteroatoms. The number of hydrogen-bond donors (Lipinski definition) is 1.